The highest BCUT2D eigenvalue weighted by molar-refractivity contribution is 5.89. The lowest BCUT2D eigenvalue weighted by molar-refractivity contribution is 0.0968. The van der Waals surface area contributed by atoms with E-state index < -0.39 is 0 Å². The van der Waals surface area contributed by atoms with E-state index in [9.17, 15) is 4.39 Å². The molecule has 4 aromatic rings. The van der Waals surface area contributed by atoms with Crippen LogP contribution in [0, 0.1) is 26.6 Å². The van der Waals surface area contributed by atoms with Crippen molar-refractivity contribution in [2.45, 2.75) is 40.0 Å². The maximum atomic E-state index is 14.2. The molecule has 6 nitrogen and oxygen atoms in total. The summed E-state index contributed by atoms with van der Waals surface area (Å²) in [4.78, 5) is 13.3. The lowest BCUT2D eigenvalue weighted by Gasteiger charge is -2.08. The van der Waals surface area contributed by atoms with E-state index in [0.29, 0.717) is 16.8 Å². The van der Waals surface area contributed by atoms with E-state index in [-0.39, 0.29) is 5.82 Å². The van der Waals surface area contributed by atoms with Crippen molar-refractivity contribution in [3.8, 4) is 11.3 Å². The molecular weight excluding hydrogens is 405 g/mol. The largest absolute Gasteiger partial charge is 0.381 e. The maximum absolute atomic E-state index is 14.2. The molecule has 1 aliphatic rings. The Hall–Kier alpha value is -3.19. The van der Waals surface area contributed by atoms with Crippen molar-refractivity contribution in [2.24, 2.45) is 7.05 Å². The highest BCUT2D eigenvalue weighted by atomic mass is 19.1. The third-order valence-corrected chi connectivity index (χ3v) is 5.09. The number of aryl methyl sites for hydroxylation is 4. The van der Waals surface area contributed by atoms with Gasteiger partial charge in [0, 0.05) is 44.4 Å². The van der Waals surface area contributed by atoms with Crippen LogP contribution in [0.25, 0.3) is 22.3 Å². The van der Waals surface area contributed by atoms with Gasteiger partial charge in [0.1, 0.15) is 17.0 Å². The Balaban J connectivity index is 0.000000195. The van der Waals surface area contributed by atoms with E-state index in [0.717, 1.165) is 35.7 Å². The molecule has 0 N–H and O–H groups in total. The molecule has 0 saturated carbocycles. The number of ether oxygens (including phenoxy) is 1. The second-order valence-electron chi connectivity index (χ2n) is 7.76. The summed E-state index contributed by atoms with van der Waals surface area (Å²) in [6.07, 6.45) is 9.21. The second kappa shape index (κ2) is 11.4. The molecule has 0 aliphatic carbocycles. The van der Waals surface area contributed by atoms with E-state index in [1.54, 1.807) is 29.2 Å². The van der Waals surface area contributed by atoms with Gasteiger partial charge in [-0.3, -0.25) is 9.67 Å². The van der Waals surface area contributed by atoms with Gasteiger partial charge in [0.2, 0.25) is 0 Å². The zero-order chi connectivity index (χ0) is 22.9. The summed E-state index contributed by atoms with van der Waals surface area (Å²) in [5.74, 6) is -0.287. The van der Waals surface area contributed by atoms with Crippen LogP contribution < -0.4 is 0 Å². The summed E-state index contributed by atoms with van der Waals surface area (Å²) < 4.78 is 21.0. The lowest BCUT2D eigenvalue weighted by atomic mass is 10.1. The van der Waals surface area contributed by atoms with Crippen LogP contribution in [0.15, 0.2) is 48.9 Å². The van der Waals surface area contributed by atoms with E-state index in [1.165, 1.54) is 25.3 Å². The first-order valence-electron chi connectivity index (χ1n) is 10.8. The van der Waals surface area contributed by atoms with Gasteiger partial charge in [0.05, 0.1) is 16.9 Å². The van der Waals surface area contributed by atoms with Gasteiger partial charge in [-0.2, -0.15) is 5.10 Å². The number of nitrogens with zero attached hydrogens (tertiary/aromatic N) is 5. The van der Waals surface area contributed by atoms with Crippen molar-refractivity contribution in [1.29, 1.82) is 0 Å². The molecule has 0 amide bonds. The normalized spacial score (nSPS) is 13.0. The Morgan fingerprint density at radius 2 is 1.69 bits per heavy atom. The number of fused-ring (bicyclic) bond motifs is 1. The Morgan fingerprint density at radius 1 is 0.938 bits per heavy atom. The van der Waals surface area contributed by atoms with E-state index >= 15 is 0 Å². The second-order valence-corrected chi connectivity index (χ2v) is 7.76. The van der Waals surface area contributed by atoms with Crippen LogP contribution in [0.1, 0.15) is 36.2 Å². The molecule has 5 rings (SSSR count). The smallest absolute Gasteiger partial charge is 0.132 e. The van der Waals surface area contributed by atoms with Gasteiger partial charge in [-0.05, 0) is 69.9 Å². The molecule has 168 valence electrons. The van der Waals surface area contributed by atoms with Crippen LogP contribution >= 0.6 is 0 Å². The van der Waals surface area contributed by atoms with Crippen molar-refractivity contribution < 1.29 is 9.13 Å². The van der Waals surface area contributed by atoms with Crippen LogP contribution in [-0.2, 0) is 11.8 Å². The topological polar surface area (TPSA) is 65.7 Å². The van der Waals surface area contributed by atoms with Gasteiger partial charge in [-0.1, -0.05) is 6.07 Å². The molecule has 1 aromatic carbocycles. The molecule has 3 aromatic heterocycles. The highest BCUT2D eigenvalue weighted by Gasteiger charge is 2.13. The van der Waals surface area contributed by atoms with Gasteiger partial charge >= 0.3 is 0 Å². The fourth-order valence-electron chi connectivity index (χ4n) is 3.20. The minimum Gasteiger partial charge on any atom is -0.381 e. The average Bonchev–Trinajstić information content (AvgIpc) is 3.28. The number of pyridine rings is 1. The molecule has 32 heavy (non-hydrogen) atoms. The van der Waals surface area contributed by atoms with Gasteiger partial charge in [-0.25, -0.2) is 14.4 Å². The average molecular weight is 436 g/mol. The van der Waals surface area contributed by atoms with Crippen LogP contribution in [0.4, 0.5) is 4.39 Å². The highest BCUT2D eigenvalue weighted by Crippen LogP contribution is 2.27. The number of halogens is 1. The van der Waals surface area contributed by atoms with Crippen LogP contribution in [0.2, 0.25) is 0 Å². The zero-order valence-electron chi connectivity index (χ0n) is 19.2. The van der Waals surface area contributed by atoms with Crippen molar-refractivity contribution in [3.63, 3.8) is 0 Å². The molecule has 0 unspecified atom stereocenters. The van der Waals surface area contributed by atoms with Gasteiger partial charge < -0.3 is 4.74 Å². The number of hydrogen-bond donors (Lipinski definition) is 0. The predicted molar refractivity (Wildman–Crippen MR) is 125 cm³/mol. The Labute approximate surface area is 188 Å². The summed E-state index contributed by atoms with van der Waals surface area (Å²) in [6, 6.07) is 8.80. The number of hydrogen-bond acceptors (Lipinski definition) is 5. The molecule has 1 saturated heterocycles. The standard InChI is InChI=1S/C16H14FN3.C5H10O.C4H6N2/c1-9-4-5-12(13(17)8-9)15-16-14(6-7-18-15)19-10(2)11(3)20-16;1-2-4-6-5-3-1;1-6-4-2-3-5-6/h4-8H,1-3H3;1-5H2;2-4H,1H3. The molecule has 1 fully saturated rings. The van der Waals surface area contributed by atoms with Crippen molar-refractivity contribution in [1.82, 2.24) is 24.7 Å². The van der Waals surface area contributed by atoms with Crippen molar-refractivity contribution in [2.75, 3.05) is 13.2 Å². The van der Waals surface area contributed by atoms with Crippen LogP contribution in [-0.4, -0.2) is 37.9 Å². The predicted octanol–water partition coefficient (Wildman–Crippen LogP) is 5.36. The third kappa shape index (κ3) is 6.40. The molecule has 7 heteroatoms. The van der Waals surface area contributed by atoms with E-state index in [2.05, 4.69) is 20.1 Å². The van der Waals surface area contributed by atoms with Crippen LogP contribution in [0.5, 0.6) is 0 Å². The fraction of sp³-hybridized carbons (Fsp3) is 0.360. The summed E-state index contributed by atoms with van der Waals surface area (Å²) in [5.41, 5.74) is 4.95. The summed E-state index contributed by atoms with van der Waals surface area (Å²) in [5, 5.41) is 3.83. The van der Waals surface area contributed by atoms with Crippen LogP contribution in [0.3, 0.4) is 0 Å². The molecule has 4 heterocycles. The summed E-state index contributed by atoms with van der Waals surface area (Å²) in [7, 11) is 1.89. The van der Waals surface area contributed by atoms with Crippen molar-refractivity contribution in [3.05, 3.63) is 71.7 Å². The number of rotatable bonds is 1. The van der Waals surface area contributed by atoms with Gasteiger partial charge in [0.25, 0.3) is 0 Å². The SMILES string of the molecule is C1CCOCC1.Cc1ccc(-c2nccc3nc(C)c(C)nc23)c(F)c1.Cn1cccn1. The molecule has 0 radical (unpaired) electrons. The first kappa shape index (κ1) is 23.5. The molecule has 1 aliphatic heterocycles. The molecular formula is C25H30FN5O. The molecule has 0 bridgehead atoms. The first-order chi connectivity index (χ1) is 15.5. The molecule has 0 atom stereocenters. The minimum atomic E-state index is -0.287. The van der Waals surface area contributed by atoms with Crippen molar-refractivity contribution >= 4 is 11.0 Å². The molecule has 0 spiro atoms. The maximum Gasteiger partial charge on any atom is 0.132 e. The number of aromatic nitrogens is 5. The third-order valence-electron chi connectivity index (χ3n) is 5.09. The van der Waals surface area contributed by atoms with Gasteiger partial charge in [-0.15, -0.1) is 0 Å². The fourth-order valence-corrected chi connectivity index (χ4v) is 3.20. The zero-order valence-corrected chi connectivity index (χ0v) is 19.2. The Kier molecular flexibility index (Phi) is 8.39. The lowest BCUT2D eigenvalue weighted by Crippen LogP contribution is -2.03. The van der Waals surface area contributed by atoms with Gasteiger partial charge in [0.15, 0.2) is 0 Å². The summed E-state index contributed by atoms with van der Waals surface area (Å²) in [6.45, 7) is 7.66. The monoisotopic (exact) mass is 435 g/mol. The minimum absolute atomic E-state index is 0.287. The van der Waals surface area contributed by atoms with E-state index in [1.807, 2.05) is 46.1 Å². The Bertz CT molecular complexity index is 1130. The number of benzene rings is 1. The summed E-state index contributed by atoms with van der Waals surface area (Å²) >= 11 is 0. The van der Waals surface area contributed by atoms with E-state index in [4.69, 9.17) is 4.74 Å². The Morgan fingerprint density at radius 3 is 2.22 bits per heavy atom. The quantitative estimate of drug-likeness (QED) is 0.402. The first-order valence-corrected chi connectivity index (χ1v) is 10.8.